The number of carbonyl (C=O) groups is 1. The van der Waals surface area contributed by atoms with E-state index in [4.69, 9.17) is 0 Å². The fourth-order valence-corrected chi connectivity index (χ4v) is 5.09. The second-order valence-corrected chi connectivity index (χ2v) is 8.42. The molecule has 0 bridgehead atoms. The van der Waals surface area contributed by atoms with Crippen LogP contribution < -0.4 is 5.69 Å². The maximum atomic E-state index is 12.6. The molecule has 0 aliphatic rings. The predicted molar refractivity (Wildman–Crippen MR) is 91.3 cm³/mol. The van der Waals surface area contributed by atoms with Crippen LogP contribution in [0.5, 0.6) is 0 Å². The molecule has 4 nitrogen and oxygen atoms in total. The number of imidazole rings is 1. The number of thiophene rings is 1. The number of hydrogen-bond donors (Lipinski definition) is 0. The molecule has 0 amide bonds. The average molecular weight is 430 g/mol. The Labute approximate surface area is 141 Å². The number of aryl methyl sites for hydroxylation is 2. The third kappa shape index (κ3) is 2.33. The largest absolute Gasteiger partial charge is 0.328 e. The van der Waals surface area contributed by atoms with Gasteiger partial charge in [-0.05, 0) is 56.1 Å². The van der Waals surface area contributed by atoms with E-state index in [9.17, 15) is 9.59 Å². The first-order valence-corrected chi connectivity index (χ1v) is 8.45. The van der Waals surface area contributed by atoms with E-state index in [1.807, 2.05) is 0 Å². The van der Waals surface area contributed by atoms with Crippen LogP contribution >= 0.6 is 43.2 Å². The molecule has 0 aliphatic heterocycles. The molecule has 0 unspecified atom stereocenters. The van der Waals surface area contributed by atoms with Gasteiger partial charge in [0.1, 0.15) is 0 Å². The SMILES string of the molecule is Cn1c(=O)n(C)c2cc(C(=O)c3cc(Br)sc3Br)ccc21. The second kappa shape index (κ2) is 5.23. The molecule has 0 saturated heterocycles. The van der Waals surface area contributed by atoms with Crippen LogP contribution in [0.1, 0.15) is 15.9 Å². The molecular weight excluding hydrogens is 420 g/mol. The van der Waals surface area contributed by atoms with Crippen molar-refractivity contribution in [2.24, 2.45) is 14.1 Å². The third-order valence-electron chi connectivity index (χ3n) is 3.44. The van der Waals surface area contributed by atoms with E-state index in [2.05, 4.69) is 31.9 Å². The number of fused-ring (bicyclic) bond motifs is 1. The van der Waals surface area contributed by atoms with Crippen molar-refractivity contribution in [1.29, 1.82) is 0 Å². The number of aromatic nitrogens is 2. The summed E-state index contributed by atoms with van der Waals surface area (Å²) in [6.07, 6.45) is 0. The molecule has 7 heteroatoms. The summed E-state index contributed by atoms with van der Waals surface area (Å²) >= 11 is 8.24. The first kappa shape index (κ1) is 14.7. The quantitative estimate of drug-likeness (QED) is 0.583. The molecule has 0 atom stereocenters. The summed E-state index contributed by atoms with van der Waals surface area (Å²) in [6.45, 7) is 0. The van der Waals surface area contributed by atoms with E-state index in [0.29, 0.717) is 11.1 Å². The fraction of sp³-hybridized carbons (Fsp3) is 0.143. The van der Waals surface area contributed by atoms with Gasteiger partial charge in [-0.3, -0.25) is 13.9 Å². The molecule has 0 aliphatic carbocycles. The van der Waals surface area contributed by atoms with Crippen LogP contribution in [-0.4, -0.2) is 14.9 Å². The molecule has 108 valence electrons. The van der Waals surface area contributed by atoms with Crippen LogP contribution in [0.2, 0.25) is 0 Å². The van der Waals surface area contributed by atoms with E-state index in [1.165, 1.54) is 11.3 Å². The van der Waals surface area contributed by atoms with E-state index < -0.39 is 0 Å². The molecule has 2 aromatic heterocycles. The van der Waals surface area contributed by atoms with Crippen LogP contribution in [0.15, 0.2) is 36.6 Å². The summed E-state index contributed by atoms with van der Waals surface area (Å²) in [5.74, 6) is -0.0676. The van der Waals surface area contributed by atoms with Crippen molar-refractivity contribution in [3.05, 3.63) is 53.4 Å². The molecule has 0 saturated carbocycles. The maximum Gasteiger partial charge on any atom is 0.328 e. The highest BCUT2D eigenvalue weighted by atomic mass is 79.9. The second-order valence-electron chi connectivity index (χ2n) is 4.67. The topological polar surface area (TPSA) is 44.0 Å². The monoisotopic (exact) mass is 428 g/mol. The molecule has 2 heterocycles. The summed E-state index contributed by atoms with van der Waals surface area (Å²) in [7, 11) is 3.43. The minimum atomic E-state index is -0.103. The Morgan fingerprint density at radius 1 is 1.10 bits per heavy atom. The number of halogens is 2. The number of rotatable bonds is 2. The molecule has 0 N–H and O–H groups in total. The summed E-state index contributed by atoms with van der Waals surface area (Å²) < 4.78 is 4.80. The zero-order chi connectivity index (χ0) is 15.3. The van der Waals surface area contributed by atoms with E-state index in [0.717, 1.165) is 18.6 Å². The number of carbonyl (C=O) groups excluding carboxylic acids is 1. The highest BCUT2D eigenvalue weighted by Crippen LogP contribution is 2.33. The zero-order valence-electron chi connectivity index (χ0n) is 11.2. The normalized spacial score (nSPS) is 11.2. The fourth-order valence-electron chi connectivity index (χ4n) is 2.30. The lowest BCUT2D eigenvalue weighted by Gasteiger charge is -2.01. The van der Waals surface area contributed by atoms with Gasteiger partial charge in [0.15, 0.2) is 5.78 Å². The van der Waals surface area contributed by atoms with Gasteiger partial charge in [-0.15, -0.1) is 11.3 Å². The Kier molecular flexibility index (Phi) is 3.67. The highest BCUT2D eigenvalue weighted by Gasteiger charge is 2.17. The summed E-state index contributed by atoms with van der Waals surface area (Å²) in [5, 5.41) is 0. The molecule has 0 fully saturated rings. The van der Waals surface area contributed by atoms with Crippen molar-refractivity contribution in [3.8, 4) is 0 Å². The molecule has 3 rings (SSSR count). The van der Waals surface area contributed by atoms with E-state index in [-0.39, 0.29) is 11.5 Å². The first-order valence-electron chi connectivity index (χ1n) is 6.05. The van der Waals surface area contributed by atoms with Gasteiger partial charge >= 0.3 is 5.69 Å². The van der Waals surface area contributed by atoms with Gasteiger partial charge in [0.05, 0.1) is 18.6 Å². The van der Waals surface area contributed by atoms with Crippen molar-refractivity contribution in [1.82, 2.24) is 9.13 Å². The van der Waals surface area contributed by atoms with Gasteiger partial charge in [-0.25, -0.2) is 4.79 Å². The Morgan fingerprint density at radius 2 is 1.76 bits per heavy atom. The van der Waals surface area contributed by atoms with Gasteiger partial charge < -0.3 is 0 Å². The number of ketones is 1. The van der Waals surface area contributed by atoms with Crippen LogP contribution in [0.25, 0.3) is 11.0 Å². The minimum absolute atomic E-state index is 0.0676. The summed E-state index contributed by atoms with van der Waals surface area (Å²) in [6, 6.07) is 7.11. The summed E-state index contributed by atoms with van der Waals surface area (Å²) in [5.41, 5.74) is 2.64. The van der Waals surface area contributed by atoms with Crippen LogP contribution in [-0.2, 0) is 14.1 Å². The lowest BCUT2D eigenvalue weighted by atomic mass is 10.1. The van der Waals surface area contributed by atoms with Gasteiger partial charge in [-0.1, -0.05) is 0 Å². The Bertz CT molecular complexity index is 936. The molecular formula is C14H10Br2N2O2S. The van der Waals surface area contributed by atoms with E-state index >= 15 is 0 Å². The average Bonchev–Trinajstić information content (AvgIpc) is 2.91. The summed E-state index contributed by atoms with van der Waals surface area (Å²) in [4.78, 5) is 24.5. The zero-order valence-corrected chi connectivity index (χ0v) is 15.2. The Morgan fingerprint density at radius 3 is 2.38 bits per heavy atom. The number of nitrogens with zero attached hydrogens (tertiary/aromatic N) is 2. The minimum Gasteiger partial charge on any atom is -0.295 e. The van der Waals surface area contributed by atoms with Crippen LogP contribution in [0, 0.1) is 0 Å². The standard InChI is InChI=1S/C14H10Br2N2O2S/c1-17-9-4-3-7(5-10(9)18(2)14(17)20)12(19)8-6-11(15)21-13(8)16/h3-6H,1-2H3. The van der Waals surface area contributed by atoms with Crippen molar-refractivity contribution >= 4 is 60.0 Å². The van der Waals surface area contributed by atoms with Gasteiger partial charge in [0, 0.05) is 25.2 Å². The maximum absolute atomic E-state index is 12.6. The molecule has 21 heavy (non-hydrogen) atoms. The Hall–Kier alpha value is -1.18. The molecule has 0 radical (unpaired) electrons. The van der Waals surface area contributed by atoms with Crippen LogP contribution in [0.3, 0.4) is 0 Å². The lowest BCUT2D eigenvalue weighted by Crippen LogP contribution is -2.19. The van der Waals surface area contributed by atoms with Crippen LogP contribution in [0.4, 0.5) is 0 Å². The van der Waals surface area contributed by atoms with Gasteiger partial charge in [0.2, 0.25) is 0 Å². The number of benzene rings is 1. The molecule has 3 aromatic rings. The Balaban J connectivity index is 2.18. The van der Waals surface area contributed by atoms with Gasteiger partial charge in [0.25, 0.3) is 0 Å². The molecule has 1 aromatic carbocycles. The lowest BCUT2D eigenvalue weighted by molar-refractivity contribution is 0.103. The van der Waals surface area contributed by atoms with Crippen molar-refractivity contribution < 1.29 is 4.79 Å². The smallest absolute Gasteiger partial charge is 0.295 e. The van der Waals surface area contributed by atoms with E-state index in [1.54, 1.807) is 47.5 Å². The van der Waals surface area contributed by atoms with Gasteiger partial charge in [-0.2, -0.15) is 0 Å². The predicted octanol–water partition coefficient (Wildman–Crippen LogP) is 3.69. The third-order valence-corrected chi connectivity index (χ3v) is 5.77. The van der Waals surface area contributed by atoms with Crippen molar-refractivity contribution in [2.45, 2.75) is 0 Å². The molecule has 0 spiro atoms. The van der Waals surface area contributed by atoms with Crippen molar-refractivity contribution in [2.75, 3.05) is 0 Å². The first-order chi connectivity index (χ1) is 9.90. The van der Waals surface area contributed by atoms with Crippen molar-refractivity contribution in [3.63, 3.8) is 0 Å². The number of hydrogen-bond acceptors (Lipinski definition) is 3. The highest BCUT2D eigenvalue weighted by molar-refractivity contribution is 9.12.